The van der Waals surface area contributed by atoms with Crippen LogP contribution in [0.5, 0.6) is 0 Å². The van der Waals surface area contributed by atoms with Crippen molar-refractivity contribution in [2.24, 2.45) is 14.1 Å². The van der Waals surface area contributed by atoms with Crippen LogP contribution in [0.3, 0.4) is 0 Å². The Hall–Kier alpha value is -3.99. The Balaban J connectivity index is 1.24. The molecule has 1 aromatic carbocycles. The predicted octanol–water partition coefficient (Wildman–Crippen LogP) is 2.46. The molecule has 10 nitrogen and oxygen atoms in total. The Labute approximate surface area is 191 Å². The minimum Gasteiger partial charge on any atom is -0.360 e. The van der Waals surface area contributed by atoms with Gasteiger partial charge in [0, 0.05) is 55.1 Å². The number of aromatic nitrogens is 6. The minimum atomic E-state index is -0.424. The lowest BCUT2D eigenvalue weighted by molar-refractivity contribution is -0.116. The number of hydrogen-bond donors (Lipinski definition) is 2. The van der Waals surface area contributed by atoms with Crippen LogP contribution in [0.15, 0.2) is 51.8 Å². The first kappa shape index (κ1) is 20.9. The van der Waals surface area contributed by atoms with Crippen molar-refractivity contribution in [3.63, 3.8) is 0 Å². The molecule has 0 fully saturated rings. The zero-order chi connectivity index (χ0) is 23.1. The number of benzene rings is 1. The number of amides is 1. The van der Waals surface area contributed by atoms with E-state index >= 15 is 0 Å². The summed E-state index contributed by atoms with van der Waals surface area (Å²) in [7, 11) is 3.01. The number of nitrogens with zero attached hydrogens (tertiary/aromatic N) is 5. The van der Waals surface area contributed by atoms with Crippen molar-refractivity contribution in [1.29, 1.82) is 0 Å². The third-order valence-corrected chi connectivity index (χ3v) is 6.39. The zero-order valence-corrected chi connectivity index (χ0v) is 18.8. The highest BCUT2D eigenvalue weighted by molar-refractivity contribution is 7.14. The van der Waals surface area contributed by atoms with Gasteiger partial charge in [-0.25, -0.2) is 14.8 Å². The number of nitrogens with one attached hydrogen (secondary N) is 2. The number of hydrogen-bond acceptors (Lipinski definition) is 6. The Morgan fingerprint density at radius 2 is 2.00 bits per heavy atom. The summed E-state index contributed by atoms with van der Waals surface area (Å²) >= 11 is 1.38. The van der Waals surface area contributed by atoms with Gasteiger partial charge in [-0.05, 0) is 12.5 Å². The van der Waals surface area contributed by atoms with Crippen molar-refractivity contribution < 1.29 is 4.79 Å². The third-order valence-electron chi connectivity index (χ3n) is 5.64. The van der Waals surface area contributed by atoms with Crippen LogP contribution in [0.1, 0.15) is 12.8 Å². The molecule has 2 N–H and O–H groups in total. The first-order valence-corrected chi connectivity index (χ1v) is 11.2. The summed E-state index contributed by atoms with van der Waals surface area (Å²) in [6, 6.07) is 7.99. The molecule has 0 aliphatic carbocycles. The lowest BCUT2D eigenvalue weighted by atomic mass is 10.1. The number of carbonyl (C=O) groups is 1. The molecule has 0 spiro atoms. The summed E-state index contributed by atoms with van der Waals surface area (Å²) in [5.74, 6) is -0.153. The summed E-state index contributed by atoms with van der Waals surface area (Å²) in [4.78, 5) is 49.0. The Morgan fingerprint density at radius 1 is 1.18 bits per heavy atom. The molecule has 11 heteroatoms. The van der Waals surface area contributed by atoms with Gasteiger partial charge in [-0.2, -0.15) is 0 Å². The van der Waals surface area contributed by atoms with Crippen LogP contribution < -0.4 is 16.6 Å². The fourth-order valence-electron chi connectivity index (χ4n) is 3.90. The Kier molecular flexibility index (Phi) is 5.17. The molecule has 1 amide bonds. The topological polar surface area (TPSA) is 120 Å². The van der Waals surface area contributed by atoms with Gasteiger partial charge in [-0.1, -0.05) is 18.2 Å². The van der Waals surface area contributed by atoms with Crippen molar-refractivity contribution in [2.45, 2.75) is 19.4 Å². The molecular weight excluding hydrogens is 442 g/mol. The maximum absolute atomic E-state index is 12.5. The van der Waals surface area contributed by atoms with Crippen molar-refractivity contribution >= 4 is 44.4 Å². The number of carbonyl (C=O) groups excluding carboxylic acids is 1. The molecule has 0 unspecified atom stereocenters. The Morgan fingerprint density at radius 3 is 2.85 bits per heavy atom. The molecule has 0 atom stereocenters. The molecule has 5 rings (SSSR count). The number of fused-ring (bicyclic) bond motifs is 2. The van der Waals surface area contributed by atoms with E-state index in [2.05, 4.69) is 20.3 Å². The molecule has 168 valence electrons. The molecule has 0 bridgehead atoms. The molecule has 4 heterocycles. The maximum Gasteiger partial charge on any atom is 0.332 e. The van der Waals surface area contributed by atoms with E-state index in [9.17, 15) is 14.4 Å². The van der Waals surface area contributed by atoms with E-state index in [1.54, 1.807) is 11.6 Å². The van der Waals surface area contributed by atoms with Gasteiger partial charge >= 0.3 is 5.69 Å². The standard InChI is InChI=1S/C22H21N7O3S/c1-27-19-18(20(31)28(2)22(27)32)29(12-24-19)9-5-8-17(30)26-21-25-16(11-33-21)14-10-23-15-7-4-3-6-13(14)15/h3-4,6-7,10-12,23H,5,8-9H2,1-2H3,(H,25,26,30). The summed E-state index contributed by atoms with van der Waals surface area (Å²) in [6.07, 6.45) is 4.20. The molecule has 0 saturated carbocycles. The van der Waals surface area contributed by atoms with Crippen LogP contribution in [0.2, 0.25) is 0 Å². The van der Waals surface area contributed by atoms with Crippen molar-refractivity contribution in [3.05, 3.63) is 63.0 Å². The predicted molar refractivity (Wildman–Crippen MR) is 127 cm³/mol. The minimum absolute atomic E-state index is 0.153. The first-order chi connectivity index (χ1) is 15.9. The number of H-pyrrole nitrogens is 1. The van der Waals surface area contributed by atoms with Crippen molar-refractivity contribution in [1.82, 2.24) is 28.7 Å². The smallest absolute Gasteiger partial charge is 0.332 e. The third kappa shape index (κ3) is 3.65. The van der Waals surface area contributed by atoms with Crippen LogP contribution in [0, 0.1) is 0 Å². The molecule has 0 aliphatic heterocycles. The Bertz CT molecular complexity index is 1620. The quantitative estimate of drug-likeness (QED) is 0.401. The van der Waals surface area contributed by atoms with E-state index in [1.807, 2.05) is 35.8 Å². The number of imidazole rings is 1. The lowest BCUT2D eigenvalue weighted by Crippen LogP contribution is -2.37. The second-order valence-corrected chi connectivity index (χ2v) is 8.61. The first-order valence-electron chi connectivity index (χ1n) is 10.4. The van der Waals surface area contributed by atoms with E-state index in [-0.39, 0.29) is 12.3 Å². The molecular formula is C22H21N7O3S. The summed E-state index contributed by atoms with van der Waals surface area (Å²) in [5, 5.41) is 6.39. The van der Waals surface area contributed by atoms with E-state index in [0.29, 0.717) is 29.3 Å². The number of rotatable bonds is 6. The van der Waals surface area contributed by atoms with Gasteiger partial charge in [0.15, 0.2) is 16.3 Å². The molecule has 0 radical (unpaired) electrons. The molecule has 5 aromatic rings. The maximum atomic E-state index is 12.5. The van der Waals surface area contributed by atoms with Gasteiger partial charge in [0.1, 0.15) is 0 Å². The van der Waals surface area contributed by atoms with Crippen LogP contribution in [0.4, 0.5) is 5.13 Å². The summed E-state index contributed by atoms with van der Waals surface area (Å²) in [6.45, 7) is 0.426. The second-order valence-electron chi connectivity index (χ2n) is 7.75. The van der Waals surface area contributed by atoms with Crippen LogP contribution in [-0.2, 0) is 25.4 Å². The normalized spacial score (nSPS) is 11.5. The number of aromatic amines is 1. The number of thiazole rings is 1. The highest BCUT2D eigenvalue weighted by Crippen LogP contribution is 2.30. The van der Waals surface area contributed by atoms with Gasteiger partial charge in [-0.3, -0.25) is 18.7 Å². The van der Waals surface area contributed by atoms with Crippen LogP contribution >= 0.6 is 11.3 Å². The van der Waals surface area contributed by atoms with Crippen LogP contribution in [-0.4, -0.2) is 34.6 Å². The second kappa shape index (κ2) is 8.17. The zero-order valence-electron chi connectivity index (χ0n) is 18.0. The average Bonchev–Trinajstić information content (AvgIpc) is 3.54. The van der Waals surface area contributed by atoms with E-state index in [1.165, 1.54) is 29.3 Å². The molecule has 4 aromatic heterocycles. The highest BCUT2D eigenvalue weighted by atomic mass is 32.1. The van der Waals surface area contributed by atoms with Gasteiger partial charge < -0.3 is 14.9 Å². The van der Waals surface area contributed by atoms with Gasteiger partial charge in [0.2, 0.25) is 5.91 Å². The molecule has 33 heavy (non-hydrogen) atoms. The van der Waals surface area contributed by atoms with E-state index < -0.39 is 11.2 Å². The number of para-hydroxylation sites is 1. The SMILES string of the molecule is Cn1c(=O)c2c(ncn2CCCC(=O)Nc2nc(-c3c[nH]c4ccccc34)cs2)n(C)c1=O. The largest absolute Gasteiger partial charge is 0.360 e. The highest BCUT2D eigenvalue weighted by Gasteiger charge is 2.15. The van der Waals surface area contributed by atoms with Gasteiger partial charge in [0.25, 0.3) is 5.56 Å². The van der Waals surface area contributed by atoms with E-state index in [0.717, 1.165) is 26.7 Å². The summed E-state index contributed by atoms with van der Waals surface area (Å²) in [5.41, 5.74) is 2.69. The van der Waals surface area contributed by atoms with Crippen molar-refractivity contribution in [2.75, 3.05) is 5.32 Å². The monoisotopic (exact) mass is 463 g/mol. The molecule has 0 saturated heterocycles. The molecule has 0 aliphatic rings. The van der Waals surface area contributed by atoms with Gasteiger partial charge in [-0.15, -0.1) is 11.3 Å². The number of anilines is 1. The van der Waals surface area contributed by atoms with Crippen LogP contribution in [0.25, 0.3) is 33.3 Å². The number of aryl methyl sites for hydroxylation is 2. The van der Waals surface area contributed by atoms with Crippen molar-refractivity contribution in [3.8, 4) is 11.3 Å². The summed E-state index contributed by atoms with van der Waals surface area (Å²) < 4.78 is 4.08. The average molecular weight is 464 g/mol. The fourth-order valence-corrected chi connectivity index (χ4v) is 4.62. The van der Waals surface area contributed by atoms with Gasteiger partial charge in [0.05, 0.1) is 12.0 Å². The van der Waals surface area contributed by atoms with E-state index in [4.69, 9.17) is 0 Å². The lowest BCUT2D eigenvalue weighted by Gasteiger charge is -2.06. The fraction of sp³-hybridized carbons (Fsp3) is 0.227.